The normalized spacial score (nSPS) is 13.6. The van der Waals surface area contributed by atoms with Gasteiger partial charge in [0.2, 0.25) is 0 Å². The fourth-order valence-electron chi connectivity index (χ4n) is 10.6. The van der Waals surface area contributed by atoms with Crippen LogP contribution in [0.25, 0.3) is 88.0 Å². The molecule has 2 aliphatic carbocycles. The third-order valence-corrected chi connectivity index (χ3v) is 12.8. The molecule has 1 heterocycles. The van der Waals surface area contributed by atoms with Gasteiger partial charge in [-0.1, -0.05) is 164 Å². The first-order valence-corrected chi connectivity index (χ1v) is 19.5. The Balaban J connectivity index is 1.14. The maximum absolute atomic E-state index is 6.50. The summed E-state index contributed by atoms with van der Waals surface area (Å²) in [6.45, 7) is 0. The zero-order valence-electron chi connectivity index (χ0n) is 30.4. The van der Waals surface area contributed by atoms with Gasteiger partial charge >= 0.3 is 0 Å². The Labute approximate surface area is 324 Å². The topological polar surface area (TPSA) is 9.23 Å². The number of rotatable bonds is 2. The summed E-state index contributed by atoms with van der Waals surface area (Å²) in [6.07, 6.45) is 0. The maximum Gasteiger partial charge on any atom is 0.135 e. The van der Waals surface area contributed by atoms with Crippen molar-refractivity contribution in [1.82, 2.24) is 0 Å². The highest BCUT2D eigenvalue weighted by Crippen LogP contribution is 2.65. The lowest BCUT2D eigenvalue weighted by Gasteiger charge is -2.31. The summed E-state index contributed by atoms with van der Waals surface area (Å²) >= 11 is 0. The van der Waals surface area contributed by atoms with Crippen molar-refractivity contribution in [3.05, 3.63) is 216 Å². The van der Waals surface area contributed by atoms with Crippen LogP contribution in [0, 0.1) is 0 Å². The molecule has 1 heteroatoms. The van der Waals surface area contributed by atoms with Gasteiger partial charge in [0.1, 0.15) is 11.5 Å². The van der Waals surface area contributed by atoms with Crippen molar-refractivity contribution in [2.75, 3.05) is 0 Å². The van der Waals surface area contributed by atoms with E-state index in [-0.39, 0.29) is 0 Å². The summed E-state index contributed by atoms with van der Waals surface area (Å²) in [7, 11) is 0. The van der Waals surface area contributed by atoms with Crippen molar-refractivity contribution < 1.29 is 4.74 Å². The van der Waals surface area contributed by atoms with Crippen molar-refractivity contribution in [2.24, 2.45) is 0 Å². The molecule has 1 nitrogen and oxygen atoms in total. The van der Waals surface area contributed by atoms with E-state index in [0.29, 0.717) is 0 Å². The summed E-state index contributed by atoms with van der Waals surface area (Å²) < 4.78 is 6.50. The van der Waals surface area contributed by atoms with Crippen LogP contribution in [0.5, 0.6) is 11.5 Å². The Morgan fingerprint density at radius 1 is 0.304 bits per heavy atom. The zero-order valence-corrected chi connectivity index (χ0v) is 30.4. The molecule has 13 rings (SSSR count). The smallest absolute Gasteiger partial charge is 0.135 e. The lowest BCUT2D eigenvalue weighted by atomic mass is 9.70. The molecule has 0 saturated heterocycles. The standard InChI is InChI=1S/C55H32O/c1-2-13-34-30-36(25-24-33(34)12-1)52-39-27-26-35(38-28-29-51-53-43(38)18-11-19-44(53)42-16-6-10-23-50(42)56-51)31-37(39)32-49-54(52)45-17-5-9-22-48(45)55(49)46-20-7-3-14-40(46)41-15-4-8-21-47(41)55/h1-32H. The van der Waals surface area contributed by atoms with Crippen molar-refractivity contribution >= 4 is 32.3 Å². The molecule has 0 fully saturated rings. The van der Waals surface area contributed by atoms with Crippen LogP contribution in [-0.4, -0.2) is 0 Å². The number of hydrogen-bond donors (Lipinski definition) is 0. The van der Waals surface area contributed by atoms with Gasteiger partial charge in [0.05, 0.1) is 5.41 Å². The predicted octanol–water partition coefficient (Wildman–Crippen LogP) is 14.6. The largest absolute Gasteiger partial charge is 0.456 e. The highest BCUT2D eigenvalue weighted by Gasteiger charge is 2.52. The molecule has 0 radical (unpaired) electrons. The number of fused-ring (bicyclic) bond motifs is 14. The fourth-order valence-corrected chi connectivity index (χ4v) is 10.6. The highest BCUT2D eigenvalue weighted by molar-refractivity contribution is 6.14. The summed E-state index contributed by atoms with van der Waals surface area (Å²) in [5.74, 6) is 1.82. The molecular weight excluding hydrogens is 677 g/mol. The first-order chi connectivity index (χ1) is 27.8. The first kappa shape index (κ1) is 30.1. The van der Waals surface area contributed by atoms with Crippen LogP contribution >= 0.6 is 0 Å². The van der Waals surface area contributed by atoms with Gasteiger partial charge < -0.3 is 4.74 Å². The quantitative estimate of drug-likeness (QED) is 0.174. The van der Waals surface area contributed by atoms with Crippen LogP contribution in [0.1, 0.15) is 22.3 Å². The Kier molecular flexibility index (Phi) is 5.89. The van der Waals surface area contributed by atoms with Gasteiger partial charge in [-0.3, -0.25) is 0 Å². The van der Waals surface area contributed by atoms with E-state index in [1.165, 1.54) is 105 Å². The molecule has 3 aliphatic rings. The van der Waals surface area contributed by atoms with Crippen LogP contribution in [0.15, 0.2) is 194 Å². The molecule has 10 aromatic rings. The molecule has 0 atom stereocenters. The molecule has 0 bridgehead atoms. The Morgan fingerprint density at radius 2 is 0.929 bits per heavy atom. The van der Waals surface area contributed by atoms with E-state index in [1.807, 2.05) is 6.07 Å². The number of para-hydroxylation sites is 1. The third kappa shape index (κ3) is 3.79. The van der Waals surface area contributed by atoms with Crippen molar-refractivity contribution in [3.8, 4) is 67.1 Å². The second kappa shape index (κ2) is 10.9. The van der Waals surface area contributed by atoms with E-state index in [0.717, 1.165) is 17.1 Å². The number of ether oxygens (including phenoxy) is 1. The third-order valence-electron chi connectivity index (χ3n) is 12.8. The van der Waals surface area contributed by atoms with E-state index in [4.69, 9.17) is 4.74 Å². The van der Waals surface area contributed by atoms with Gasteiger partial charge in [-0.25, -0.2) is 0 Å². The van der Waals surface area contributed by atoms with Crippen LogP contribution < -0.4 is 4.74 Å². The molecule has 0 aromatic heterocycles. The minimum absolute atomic E-state index is 0.445. The molecule has 56 heavy (non-hydrogen) atoms. The second-order valence-corrected chi connectivity index (χ2v) is 15.5. The predicted molar refractivity (Wildman–Crippen MR) is 232 cm³/mol. The van der Waals surface area contributed by atoms with Crippen LogP contribution in [0.2, 0.25) is 0 Å². The molecule has 0 unspecified atom stereocenters. The molecule has 1 spiro atoms. The molecular formula is C55H32O. The highest BCUT2D eigenvalue weighted by atomic mass is 16.5. The van der Waals surface area contributed by atoms with Crippen LogP contribution in [0.3, 0.4) is 0 Å². The maximum atomic E-state index is 6.50. The molecule has 0 saturated carbocycles. The van der Waals surface area contributed by atoms with Gasteiger partial charge in [-0.15, -0.1) is 0 Å². The molecule has 258 valence electrons. The van der Waals surface area contributed by atoms with E-state index in [2.05, 4.69) is 188 Å². The van der Waals surface area contributed by atoms with Crippen molar-refractivity contribution in [3.63, 3.8) is 0 Å². The van der Waals surface area contributed by atoms with Gasteiger partial charge in [0, 0.05) is 10.9 Å². The van der Waals surface area contributed by atoms with Crippen molar-refractivity contribution in [1.29, 1.82) is 0 Å². The minimum Gasteiger partial charge on any atom is -0.456 e. The average Bonchev–Trinajstić information content (AvgIpc) is 3.72. The van der Waals surface area contributed by atoms with Crippen LogP contribution in [0.4, 0.5) is 0 Å². The second-order valence-electron chi connectivity index (χ2n) is 15.5. The Hall–Kier alpha value is -7.22. The lowest BCUT2D eigenvalue weighted by molar-refractivity contribution is 0.487. The number of hydrogen-bond acceptors (Lipinski definition) is 1. The van der Waals surface area contributed by atoms with Crippen LogP contribution in [-0.2, 0) is 5.41 Å². The first-order valence-electron chi connectivity index (χ1n) is 19.5. The fraction of sp³-hybridized carbons (Fsp3) is 0.0182. The summed E-state index contributed by atoms with van der Waals surface area (Å²) in [4.78, 5) is 0. The molecule has 0 amide bonds. The Bertz CT molecular complexity index is 3300. The zero-order chi connectivity index (χ0) is 36.5. The van der Waals surface area contributed by atoms with Gasteiger partial charge in [-0.05, 0) is 130 Å². The molecule has 10 aromatic carbocycles. The van der Waals surface area contributed by atoms with Crippen molar-refractivity contribution in [2.45, 2.75) is 5.41 Å². The average molecular weight is 709 g/mol. The summed E-state index contributed by atoms with van der Waals surface area (Å²) in [5.41, 5.74) is 17.6. The Morgan fingerprint density at radius 3 is 1.73 bits per heavy atom. The molecule has 1 aliphatic heterocycles. The summed E-state index contributed by atoms with van der Waals surface area (Å²) in [5, 5.41) is 7.36. The summed E-state index contributed by atoms with van der Waals surface area (Å²) in [6, 6.07) is 72.2. The minimum atomic E-state index is -0.445. The number of benzene rings is 10. The van der Waals surface area contributed by atoms with Gasteiger partial charge in [-0.2, -0.15) is 0 Å². The van der Waals surface area contributed by atoms with E-state index in [9.17, 15) is 0 Å². The van der Waals surface area contributed by atoms with Gasteiger partial charge in [0.15, 0.2) is 0 Å². The van der Waals surface area contributed by atoms with E-state index in [1.54, 1.807) is 0 Å². The SMILES string of the molecule is c1ccc2c(c1)Oc1ccc(-c3ccc4c(-c5ccc6ccccc6c5)c5c(cc4c3)C3(c4ccccc4-c4ccccc43)c3ccccc3-5)c3cccc-2c13. The lowest BCUT2D eigenvalue weighted by Crippen LogP contribution is -2.25. The van der Waals surface area contributed by atoms with E-state index >= 15 is 0 Å². The van der Waals surface area contributed by atoms with Gasteiger partial charge in [0.25, 0.3) is 0 Å². The van der Waals surface area contributed by atoms with E-state index < -0.39 is 5.41 Å². The monoisotopic (exact) mass is 708 g/mol. The molecule has 0 N–H and O–H groups in total.